The highest BCUT2D eigenvalue weighted by atomic mass is 16.5. The molecule has 16 heavy (non-hydrogen) atoms. The zero-order chi connectivity index (χ0) is 12.0. The molecule has 0 aromatic rings. The summed E-state index contributed by atoms with van der Waals surface area (Å²) in [4.78, 5) is 6.64. The van der Waals surface area contributed by atoms with Crippen molar-refractivity contribution < 1.29 is 4.74 Å². The van der Waals surface area contributed by atoms with Crippen LogP contribution in [-0.4, -0.2) is 42.7 Å². The van der Waals surface area contributed by atoms with Crippen LogP contribution >= 0.6 is 0 Å². The number of nitrogens with one attached hydrogen (secondary N) is 1. The van der Waals surface area contributed by atoms with Crippen LogP contribution in [-0.2, 0) is 4.74 Å². The molecule has 1 saturated heterocycles. The van der Waals surface area contributed by atoms with Crippen molar-refractivity contribution in [1.29, 1.82) is 0 Å². The van der Waals surface area contributed by atoms with Gasteiger partial charge in [0.15, 0.2) is 0 Å². The molecule has 3 N–H and O–H groups in total. The molecule has 0 aliphatic carbocycles. The van der Waals surface area contributed by atoms with Crippen LogP contribution in [0.4, 0.5) is 0 Å². The Hall–Kier alpha value is -0.810. The van der Waals surface area contributed by atoms with E-state index < -0.39 is 0 Å². The topological polar surface area (TPSA) is 62.9 Å². The average molecular weight is 228 g/mol. The average Bonchev–Trinajstić information content (AvgIpc) is 2.23. The summed E-state index contributed by atoms with van der Waals surface area (Å²) in [7, 11) is 0. The molecular weight excluding hydrogens is 204 g/mol. The second kappa shape index (κ2) is 6.70. The first-order valence-corrected chi connectivity index (χ1v) is 6.08. The minimum Gasteiger partial charge on any atom is -0.372 e. The van der Waals surface area contributed by atoms with Crippen LogP contribution in [0.3, 0.4) is 0 Å². The fourth-order valence-electron chi connectivity index (χ4n) is 1.93. The molecule has 0 aromatic heterocycles. The Kier molecular flexibility index (Phi) is 5.55. The summed E-state index contributed by atoms with van der Waals surface area (Å²) < 4.78 is 5.67. The summed E-state index contributed by atoms with van der Waals surface area (Å²) in [5.74, 6) is 6.30. The molecular formula is C11H24N4O. The molecule has 1 heterocycles. The van der Waals surface area contributed by atoms with Crippen LogP contribution in [0.25, 0.3) is 0 Å². The van der Waals surface area contributed by atoms with E-state index in [1.165, 1.54) is 0 Å². The summed E-state index contributed by atoms with van der Waals surface area (Å²) in [5, 5.41) is 0. The fraction of sp³-hybridized carbons (Fsp3) is 0.909. The third-order valence-corrected chi connectivity index (χ3v) is 2.62. The third kappa shape index (κ3) is 3.98. The number of unbranched alkanes of at least 4 members (excludes halogenated alkanes) is 1. The van der Waals surface area contributed by atoms with Gasteiger partial charge in [0.1, 0.15) is 0 Å². The predicted molar refractivity (Wildman–Crippen MR) is 66.1 cm³/mol. The third-order valence-electron chi connectivity index (χ3n) is 2.62. The van der Waals surface area contributed by atoms with E-state index in [2.05, 4.69) is 36.1 Å². The number of rotatable bonds is 3. The molecule has 5 heteroatoms. The van der Waals surface area contributed by atoms with E-state index in [1.54, 1.807) is 0 Å². The molecule has 0 unspecified atom stereocenters. The number of morpholine rings is 1. The number of nitrogens with two attached hydrogens (primary N) is 1. The van der Waals surface area contributed by atoms with Crippen molar-refractivity contribution in [2.24, 2.45) is 10.8 Å². The molecule has 1 aliphatic heterocycles. The molecule has 0 saturated carbocycles. The Bertz CT molecular complexity index is 222. The lowest BCUT2D eigenvalue weighted by Gasteiger charge is -2.36. The van der Waals surface area contributed by atoms with Gasteiger partial charge in [-0.05, 0) is 20.3 Å². The monoisotopic (exact) mass is 228 g/mol. The molecule has 0 bridgehead atoms. The summed E-state index contributed by atoms with van der Waals surface area (Å²) >= 11 is 0. The highest BCUT2D eigenvalue weighted by Gasteiger charge is 2.24. The highest BCUT2D eigenvalue weighted by Crippen LogP contribution is 2.10. The molecule has 0 amide bonds. The van der Waals surface area contributed by atoms with Gasteiger partial charge in [-0.1, -0.05) is 13.3 Å². The van der Waals surface area contributed by atoms with Gasteiger partial charge in [-0.15, -0.1) is 0 Å². The van der Waals surface area contributed by atoms with Gasteiger partial charge in [0.2, 0.25) is 5.96 Å². The lowest BCUT2D eigenvalue weighted by Crippen LogP contribution is -2.54. The Morgan fingerprint density at radius 2 is 2.06 bits per heavy atom. The molecule has 0 radical (unpaired) electrons. The van der Waals surface area contributed by atoms with Crippen LogP contribution in [0, 0.1) is 0 Å². The van der Waals surface area contributed by atoms with Gasteiger partial charge in [0.05, 0.1) is 12.2 Å². The maximum atomic E-state index is 5.67. The number of ether oxygens (including phenoxy) is 1. The lowest BCUT2D eigenvalue weighted by molar-refractivity contribution is -0.0489. The van der Waals surface area contributed by atoms with E-state index in [0.29, 0.717) is 0 Å². The van der Waals surface area contributed by atoms with E-state index in [0.717, 1.165) is 38.4 Å². The maximum Gasteiger partial charge on any atom is 0.208 e. The van der Waals surface area contributed by atoms with Crippen LogP contribution in [0.15, 0.2) is 4.99 Å². The van der Waals surface area contributed by atoms with E-state index in [1.807, 2.05) is 0 Å². The summed E-state index contributed by atoms with van der Waals surface area (Å²) in [6.45, 7) is 8.82. The van der Waals surface area contributed by atoms with Gasteiger partial charge in [-0.3, -0.25) is 10.4 Å². The van der Waals surface area contributed by atoms with E-state index in [4.69, 9.17) is 10.6 Å². The van der Waals surface area contributed by atoms with Gasteiger partial charge in [-0.25, -0.2) is 5.84 Å². The smallest absolute Gasteiger partial charge is 0.208 e. The molecule has 0 aromatic carbocycles. The Morgan fingerprint density at radius 1 is 1.44 bits per heavy atom. The first-order chi connectivity index (χ1) is 7.67. The van der Waals surface area contributed by atoms with Gasteiger partial charge < -0.3 is 9.64 Å². The Morgan fingerprint density at radius 3 is 2.56 bits per heavy atom. The van der Waals surface area contributed by atoms with Crippen LogP contribution < -0.4 is 11.3 Å². The second-order valence-electron chi connectivity index (χ2n) is 4.37. The van der Waals surface area contributed by atoms with Crippen molar-refractivity contribution >= 4 is 5.96 Å². The second-order valence-corrected chi connectivity index (χ2v) is 4.37. The molecule has 5 nitrogen and oxygen atoms in total. The van der Waals surface area contributed by atoms with E-state index >= 15 is 0 Å². The van der Waals surface area contributed by atoms with E-state index in [9.17, 15) is 0 Å². The SMILES string of the molecule is CCCCN=C(NN)N1C[C@@H](C)O[C@@H](C)C1. The van der Waals surface area contributed by atoms with Crippen molar-refractivity contribution in [3.05, 3.63) is 0 Å². The molecule has 2 atom stereocenters. The van der Waals surface area contributed by atoms with Crippen molar-refractivity contribution in [2.45, 2.75) is 45.8 Å². The predicted octanol–water partition coefficient (Wildman–Crippen LogP) is 0.715. The molecule has 1 aliphatic rings. The number of hydrogen-bond acceptors (Lipinski definition) is 3. The quantitative estimate of drug-likeness (QED) is 0.246. The normalized spacial score (nSPS) is 27.0. The standard InChI is InChI=1S/C11H24N4O/c1-4-5-6-13-11(14-12)15-7-9(2)16-10(3)8-15/h9-10H,4-8,12H2,1-3H3,(H,13,14)/t9-,10+. The Labute approximate surface area is 98.0 Å². The number of hydrazine groups is 1. The fourth-order valence-corrected chi connectivity index (χ4v) is 1.93. The minimum absolute atomic E-state index is 0.230. The lowest BCUT2D eigenvalue weighted by atomic mass is 10.2. The largest absolute Gasteiger partial charge is 0.372 e. The molecule has 94 valence electrons. The molecule has 0 spiro atoms. The first kappa shape index (κ1) is 13.3. The van der Waals surface area contributed by atoms with Gasteiger partial charge in [0, 0.05) is 19.6 Å². The Balaban J connectivity index is 2.54. The number of aliphatic imine (C=N–C) groups is 1. The minimum atomic E-state index is 0.230. The van der Waals surface area contributed by atoms with Crippen LogP contribution in [0.5, 0.6) is 0 Å². The number of hydrogen-bond donors (Lipinski definition) is 2. The van der Waals surface area contributed by atoms with Crippen LogP contribution in [0.2, 0.25) is 0 Å². The van der Waals surface area contributed by atoms with E-state index in [-0.39, 0.29) is 12.2 Å². The van der Waals surface area contributed by atoms with Crippen molar-refractivity contribution in [1.82, 2.24) is 10.3 Å². The zero-order valence-corrected chi connectivity index (χ0v) is 10.6. The van der Waals surface area contributed by atoms with Gasteiger partial charge >= 0.3 is 0 Å². The maximum absolute atomic E-state index is 5.67. The summed E-state index contributed by atoms with van der Waals surface area (Å²) in [6.07, 6.45) is 2.71. The van der Waals surface area contributed by atoms with Crippen LogP contribution in [0.1, 0.15) is 33.6 Å². The van der Waals surface area contributed by atoms with Gasteiger partial charge in [0.25, 0.3) is 0 Å². The van der Waals surface area contributed by atoms with Gasteiger partial charge in [-0.2, -0.15) is 0 Å². The van der Waals surface area contributed by atoms with Crippen molar-refractivity contribution in [3.8, 4) is 0 Å². The number of guanidine groups is 1. The molecule has 1 rings (SSSR count). The van der Waals surface area contributed by atoms with Crippen molar-refractivity contribution in [2.75, 3.05) is 19.6 Å². The summed E-state index contributed by atoms with van der Waals surface area (Å²) in [6, 6.07) is 0. The first-order valence-electron chi connectivity index (χ1n) is 6.08. The summed E-state index contributed by atoms with van der Waals surface area (Å²) in [5.41, 5.74) is 2.69. The zero-order valence-electron chi connectivity index (χ0n) is 10.6. The van der Waals surface area contributed by atoms with Crippen molar-refractivity contribution in [3.63, 3.8) is 0 Å². The number of nitrogens with zero attached hydrogens (tertiary/aromatic N) is 2. The molecule has 1 fully saturated rings. The highest BCUT2D eigenvalue weighted by molar-refractivity contribution is 5.79.